The molecule has 0 bridgehead atoms. The minimum absolute atomic E-state index is 0.0479. The monoisotopic (exact) mass is 338 g/mol. The van der Waals surface area contributed by atoms with Crippen molar-refractivity contribution in [3.05, 3.63) is 81.4 Å². The lowest BCUT2D eigenvalue weighted by molar-refractivity contribution is 0.0965. The number of furan rings is 1. The van der Waals surface area contributed by atoms with Crippen molar-refractivity contribution >= 4 is 29.0 Å². The third-order valence-corrected chi connectivity index (χ3v) is 4.43. The first kappa shape index (κ1) is 16.0. The molecule has 120 valence electrons. The van der Waals surface area contributed by atoms with E-state index in [1.165, 1.54) is 35.8 Å². The standard InChI is InChI=1S/C19H14O4S/c1-12-8-9-17(24-12)19(22)15(11-13-5-4-10-23-13)18(21)14-6-2-3-7-16(14)20/h2-11,20H,1H3. The van der Waals surface area contributed by atoms with Gasteiger partial charge < -0.3 is 9.52 Å². The highest BCUT2D eigenvalue weighted by Crippen LogP contribution is 2.26. The van der Waals surface area contributed by atoms with E-state index >= 15 is 0 Å². The topological polar surface area (TPSA) is 67.5 Å². The van der Waals surface area contributed by atoms with Crippen molar-refractivity contribution in [2.45, 2.75) is 6.92 Å². The summed E-state index contributed by atoms with van der Waals surface area (Å²) in [6, 6.07) is 13.0. The molecule has 1 N–H and O–H groups in total. The number of hydrogen-bond donors (Lipinski definition) is 1. The van der Waals surface area contributed by atoms with Gasteiger partial charge in [0.25, 0.3) is 0 Å². The molecule has 3 aromatic rings. The first-order chi connectivity index (χ1) is 11.6. The molecule has 0 fully saturated rings. The summed E-state index contributed by atoms with van der Waals surface area (Å²) in [5.41, 5.74) is 0.0326. The van der Waals surface area contributed by atoms with E-state index in [0.717, 1.165) is 4.88 Å². The molecule has 5 heteroatoms. The molecule has 0 aliphatic heterocycles. The third kappa shape index (κ3) is 3.21. The minimum atomic E-state index is -0.541. The molecule has 1 aromatic carbocycles. The van der Waals surface area contributed by atoms with Crippen LogP contribution in [0.3, 0.4) is 0 Å². The van der Waals surface area contributed by atoms with Crippen LogP contribution in [0.5, 0.6) is 5.75 Å². The number of hydrogen-bond acceptors (Lipinski definition) is 5. The maximum absolute atomic E-state index is 12.8. The Morgan fingerprint density at radius 3 is 2.46 bits per heavy atom. The molecule has 24 heavy (non-hydrogen) atoms. The molecular formula is C19H14O4S. The Hall–Kier alpha value is -2.92. The highest BCUT2D eigenvalue weighted by molar-refractivity contribution is 7.14. The summed E-state index contributed by atoms with van der Waals surface area (Å²) < 4.78 is 5.23. The second kappa shape index (κ2) is 6.68. The van der Waals surface area contributed by atoms with Gasteiger partial charge in [-0.25, -0.2) is 0 Å². The average Bonchev–Trinajstić information content (AvgIpc) is 3.23. The van der Waals surface area contributed by atoms with E-state index in [4.69, 9.17) is 4.42 Å². The zero-order valence-electron chi connectivity index (χ0n) is 12.9. The van der Waals surface area contributed by atoms with E-state index in [1.807, 2.05) is 13.0 Å². The lowest BCUT2D eigenvalue weighted by Gasteiger charge is -2.06. The van der Waals surface area contributed by atoms with Gasteiger partial charge in [0.2, 0.25) is 11.6 Å². The molecule has 2 heterocycles. The van der Waals surface area contributed by atoms with E-state index in [-0.39, 0.29) is 16.9 Å². The van der Waals surface area contributed by atoms with Gasteiger partial charge in [0, 0.05) is 4.88 Å². The number of benzene rings is 1. The van der Waals surface area contributed by atoms with Crippen molar-refractivity contribution in [3.63, 3.8) is 0 Å². The van der Waals surface area contributed by atoms with Crippen LogP contribution in [0.4, 0.5) is 0 Å². The second-order valence-corrected chi connectivity index (χ2v) is 6.45. The molecule has 0 aliphatic rings. The Morgan fingerprint density at radius 1 is 1.04 bits per heavy atom. The molecule has 3 rings (SSSR count). The summed E-state index contributed by atoms with van der Waals surface area (Å²) in [7, 11) is 0. The van der Waals surface area contributed by atoms with Gasteiger partial charge in [-0.15, -0.1) is 11.3 Å². The molecule has 0 saturated carbocycles. The number of allylic oxidation sites excluding steroid dienone is 1. The lowest BCUT2D eigenvalue weighted by Crippen LogP contribution is -2.13. The van der Waals surface area contributed by atoms with Crippen LogP contribution >= 0.6 is 11.3 Å². The zero-order chi connectivity index (χ0) is 17.1. The highest BCUT2D eigenvalue weighted by Gasteiger charge is 2.24. The van der Waals surface area contributed by atoms with Crippen molar-refractivity contribution in [1.29, 1.82) is 0 Å². The van der Waals surface area contributed by atoms with Crippen LogP contribution in [0, 0.1) is 6.92 Å². The molecule has 4 nitrogen and oxygen atoms in total. The third-order valence-electron chi connectivity index (χ3n) is 3.43. The number of rotatable bonds is 5. The molecule has 2 aromatic heterocycles. The number of phenols is 1. The van der Waals surface area contributed by atoms with Crippen LogP contribution in [-0.2, 0) is 0 Å². The van der Waals surface area contributed by atoms with Crippen LogP contribution in [0.25, 0.3) is 6.08 Å². The number of para-hydroxylation sites is 1. The predicted octanol–water partition coefficient (Wildman–Crippen LogP) is 4.50. The van der Waals surface area contributed by atoms with Gasteiger partial charge in [-0.05, 0) is 49.4 Å². The number of thiophene rings is 1. The fourth-order valence-electron chi connectivity index (χ4n) is 2.25. The fraction of sp³-hybridized carbons (Fsp3) is 0.0526. The SMILES string of the molecule is Cc1ccc(C(=O)C(=Cc2ccco2)C(=O)c2ccccc2O)s1. The van der Waals surface area contributed by atoms with Crippen LogP contribution in [0.2, 0.25) is 0 Å². The van der Waals surface area contributed by atoms with Crippen LogP contribution in [0.15, 0.2) is 64.8 Å². The quantitative estimate of drug-likeness (QED) is 0.322. The van der Waals surface area contributed by atoms with Crippen LogP contribution in [0.1, 0.15) is 30.7 Å². The number of aryl methyl sites for hydroxylation is 1. The Kier molecular flexibility index (Phi) is 4.44. The first-order valence-electron chi connectivity index (χ1n) is 7.25. The van der Waals surface area contributed by atoms with Gasteiger partial charge >= 0.3 is 0 Å². The Balaban J connectivity index is 2.07. The normalized spacial score (nSPS) is 11.5. The summed E-state index contributed by atoms with van der Waals surface area (Å²) in [5, 5.41) is 9.93. The average molecular weight is 338 g/mol. The predicted molar refractivity (Wildman–Crippen MR) is 92.5 cm³/mol. The lowest BCUT2D eigenvalue weighted by atomic mass is 9.97. The molecule has 0 atom stereocenters. The number of carbonyl (C=O) groups is 2. The Bertz CT molecular complexity index is 917. The summed E-state index contributed by atoms with van der Waals surface area (Å²) >= 11 is 1.32. The molecule has 0 amide bonds. The van der Waals surface area contributed by atoms with Crippen LogP contribution in [-0.4, -0.2) is 16.7 Å². The van der Waals surface area contributed by atoms with E-state index < -0.39 is 11.6 Å². The highest BCUT2D eigenvalue weighted by atomic mass is 32.1. The van der Waals surface area contributed by atoms with Crippen molar-refractivity contribution in [2.75, 3.05) is 0 Å². The molecule has 0 radical (unpaired) electrons. The van der Waals surface area contributed by atoms with Crippen molar-refractivity contribution in [1.82, 2.24) is 0 Å². The molecule has 0 aliphatic carbocycles. The number of phenolic OH excluding ortho intramolecular Hbond substituents is 1. The summed E-state index contributed by atoms with van der Waals surface area (Å²) in [6.45, 7) is 1.89. The van der Waals surface area contributed by atoms with Gasteiger partial charge in [0.1, 0.15) is 11.5 Å². The van der Waals surface area contributed by atoms with E-state index in [0.29, 0.717) is 10.6 Å². The maximum Gasteiger partial charge on any atom is 0.207 e. The molecule has 0 spiro atoms. The Labute approximate surface area is 142 Å². The summed E-state index contributed by atoms with van der Waals surface area (Å²) in [6.07, 6.45) is 2.87. The zero-order valence-corrected chi connectivity index (χ0v) is 13.7. The maximum atomic E-state index is 12.8. The van der Waals surface area contributed by atoms with Crippen molar-refractivity contribution in [2.24, 2.45) is 0 Å². The number of Topliss-reactive ketones (excluding diaryl/α,β-unsaturated/α-hetero) is 2. The van der Waals surface area contributed by atoms with Gasteiger partial charge in [-0.1, -0.05) is 12.1 Å². The van der Waals surface area contributed by atoms with Crippen molar-refractivity contribution in [3.8, 4) is 5.75 Å². The molecule has 0 saturated heterocycles. The number of aromatic hydroxyl groups is 1. The molecular weight excluding hydrogens is 324 g/mol. The summed E-state index contributed by atoms with van der Waals surface area (Å²) in [4.78, 5) is 27.1. The van der Waals surface area contributed by atoms with Gasteiger partial charge in [-0.3, -0.25) is 9.59 Å². The van der Waals surface area contributed by atoms with Gasteiger partial charge in [0.05, 0.1) is 22.3 Å². The van der Waals surface area contributed by atoms with E-state index in [9.17, 15) is 14.7 Å². The minimum Gasteiger partial charge on any atom is -0.507 e. The Morgan fingerprint density at radius 2 is 1.83 bits per heavy atom. The largest absolute Gasteiger partial charge is 0.507 e. The van der Waals surface area contributed by atoms with E-state index in [1.54, 1.807) is 30.3 Å². The smallest absolute Gasteiger partial charge is 0.207 e. The van der Waals surface area contributed by atoms with Crippen molar-refractivity contribution < 1.29 is 19.1 Å². The summed E-state index contributed by atoms with van der Waals surface area (Å²) in [5.74, 6) is -0.697. The van der Waals surface area contributed by atoms with Gasteiger partial charge in [0.15, 0.2) is 0 Å². The van der Waals surface area contributed by atoms with Gasteiger partial charge in [-0.2, -0.15) is 0 Å². The fourth-order valence-corrected chi connectivity index (χ4v) is 3.07. The first-order valence-corrected chi connectivity index (χ1v) is 8.07. The molecule has 0 unspecified atom stereocenters. The number of carbonyl (C=O) groups excluding carboxylic acids is 2. The number of ketones is 2. The van der Waals surface area contributed by atoms with Crippen LogP contribution < -0.4 is 0 Å². The van der Waals surface area contributed by atoms with E-state index in [2.05, 4.69) is 0 Å². The second-order valence-electron chi connectivity index (χ2n) is 5.16.